The molecule has 134 valence electrons. The van der Waals surface area contributed by atoms with Gasteiger partial charge in [-0.3, -0.25) is 9.59 Å². The first kappa shape index (κ1) is 20.5. The van der Waals surface area contributed by atoms with Gasteiger partial charge in [0, 0.05) is 25.1 Å². The maximum absolute atomic E-state index is 12.3. The van der Waals surface area contributed by atoms with Crippen molar-refractivity contribution in [1.82, 2.24) is 4.90 Å². The quantitative estimate of drug-likeness (QED) is 0.799. The van der Waals surface area contributed by atoms with E-state index in [9.17, 15) is 9.59 Å². The van der Waals surface area contributed by atoms with Crippen molar-refractivity contribution < 1.29 is 9.59 Å². The van der Waals surface area contributed by atoms with Crippen LogP contribution in [0.15, 0.2) is 48.5 Å². The number of carbonyl (C=O) groups is 2. The fourth-order valence-electron chi connectivity index (χ4n) is 2.36. The Hall–Kier alpha value is -2.53. The Morgan fingerprint density at radius 1 is 1.08 bits per heavy atom. The molecule has 0 atom stereocenters. The predicted octanol–water partition coefficient (Wildman–Crippen LogP) is 3.56. The summed E-state index contributed by atoms with van der Waals surface area (Å²) in [5.74, 6) is -0.154. The zero-order valence-corrected chi connectivity index (χ0v) is 15.5. The van der Waals surface area contributed by atoms with Crippen LogP contribution in [-0.2, 0) is 11.3 Å². The third-order valence-electron chi connectivity index (χ3n) is 3.71. The van der Waals surface area contributed by atoms with E-state index in [0.717, 1.165) is 5.56 Å². The molecule has 0 unspecified atom stereocenters. The van der Waals surface area contributed by atoms with E-state index in [4.69, 9.17) is 5.73 Å². The number of benzene rings is 2. The van der Waals surface area contributed by atoms with Crippen LogP contribution in [0.3, 0.4) is 0 Å². The maximum atomic E-state index is 12.3. The first-order valence-electron chi connectivity index (χ1n) is 7.88. The van der Waals surface area contributed by atoms with Crippen molar-refractivity contribution in [3.05, 3.63) is 59.7 Å². The number of para-hydroxylation sites is 2. The van der Waals surface area contributed by atoms with E-state index in [-0.39, 0.29) is 30.1 Å². The normalized spacial score (nSPS) is 10.1. The highest BCUT2D eigenvalue weighted by atomic mass is 35.5. The van der Waals surface area contributed by atoms with Crippen molar-refractivity contribution in [3.63, 3.8) is 0 Å². The van der Waals surface area contributed by atoms with Gasteiger partial charge in [0.25, 0.3) is 5.91 Å². The summed E-state index contributed by atoms with van der Waals surface area (Å²) in [4.78, 5) is 25.9. The minimum absolute atomic E-state index is 0. The lowest BCUT2D eigenvalue weighted by molar-refractivity contribution is -0.133. The summed E-state index contributed by atoms with van der Waals surface area (Å²) in [6, 6.07) is 14.3. The molecule has 0 heterocycles. The fourth-order valence-corrected chi connectivity index (χ4v) is 2.36. The number of carbonyl (C=O) groups excluding carboxylic acids is 2. The Balaban J connectivity index is 0.00000312. The lowest BCUT2D eigenvalue weighted by Gasteiger charge is -2.19. The van der Waals surface area contributed by atoms with Gasteiger partial charge in [-0.1, -0.05) is 38.1 Å². The molecular formula is C19H24ClN3O2. The van der Waals surface area contributed by atoms with Crippen molar-refractivity contribution in [2.45, 2.75) is 20.4 Å². The standard InChI is InChI=1S/C19H23N3O2.ClH/c1-13(2)19(24)22(3)12-14-8-10-15(11-9-14)18(23)21-17-7-5-4-6-16(17)20;/h4-11,13H,12,20H2,1-3H3,(H,21,23);1H. The second kappa shape index (κ2) is 9.08. The Morgan fingerprint density at radius 2 is 1.68 bits per heavy atom. The highest BCUT2D eigenvalue weighted by molar-refractivity contribution is 6.05. The molecule has 0 aromatic heterocycles. The molecule has 2 rings (SSSR count). The average molecular weight is 362 g/mol. The van der Waals surface area contributed by atoms with Crippen LogP contribution in [-0.4, -0.2) is 23.8 Å². The molecule has 0 aliphatic rings. The number of nitrogen functional groups attached to an aromatic ring is 1. The van der Waals surface area contributed by atoms with Gasteiger partial charge < -0.3 is 16.0 Å². The minimum Gasteiger partial charge on any atom is -0.397 e. The number of nitrogens with one attached hydrogen (secondary N) is 1. The summed E-state index contributed by atoms with van der Waals surface area (Å²) in [7, 11) is 1.78. The SMILES string of the molecule is CC(C)C(=O)N(C)Cc1ccc(C(=O)Nc2ccccc2N)cc1.Cl. The first-order valence-corrected chi connectivity index (χ1v) is 7.88. The first-order chi connectivity index (χ1) is 11.4. The molecule has 6 heteroatoms. The summed E-state index contributed by atoms with van der Waals surface area (Å²) in [6.45, 7) is 4.27. The minimum atomic E-state index is -0.217. The van der Waals surface area contributed by atoms with E-state index in [2.05, 4.69) is 5.32 Å². The van der Waals surface area contributed by atoms with Gasteiger partial charge in [0.2, 0.25) is 5.91 Å². The average Bonchev–Trinajstić information content (AvgIpc) is 2.56. The lowest BCUT2D eigenvalue weighted by atomic mass is 10.1. The molecule has 0 radical (unpaired) electrons. The van der Waals surface area contributed by atoms with E-state index in [1.807, 2.05) is 38.1 Å². The summed E-state index contributed by atoms with van der Waals surface area (Å²) >= 11 is 0. The number of hydrogen-bond acceptors (Lipinski definition) is 3. The molecule has 0 bridgehead atoms. The molecule has 0 saturated carbocycles. The molecule has 0 saturated heterocycles. The number of anilines is 2. The number of nitrogens with two attached hydrogens (primary N) is 1. The topological polar surface area (TPSA) is 75.4 Å². The van der Waals surface area contributed by atoms with E-state index in [1.165, 1.54) is 0 Å². The van der Waals surface area contributed by atoms with Crippen molar-refractivity contribution in [2.75, 3.05) is 18.1 Å². The molecule has 0 fully saturated rings. The number of rotatable bonds is 5. The van der Waals surface area contributed by atoms with Crippen molar-refractivity contribution >= 4 is 35.6 Å². The Morgan fingerprint density at radius 3 is 2.24 bits per heavy atom. The summed E-state index contributed by atoms with van der Waals surface area (Å²) in [5.41, 5.74) is 8.46. The Labute approximate surface area is 154 Å². The van der Waals surface area contributed by atoms with Crippen LogP contribution in [0, 0.1) is 5.92 Å². The highest BCUT2D eigenvalue weighted by Gasteiger charge is 2.13. The van der Waals surface area contributed by atoms with Gasteiger partial charge in [0.15, 0.2) is 0 Å². The maximum Gasteiger partial charge on any atom is 0.255 e. The largest absolute Gasteiger partial charge is 0.397 e. The summed E-state index contributed by atoms with van der Waals surface area (Å²) < 4.78 is 0. The van der Waals surface area contributed by atoms with E-state index in [0.29, 0.717) is 23.5 Å². The second-order valence-corrected chi connectivity index (χ2v) is 6.09. The zero-order valence-electron chi connectivity index (χ0n) is 14.7. The molecule has 2 aromatic rings. The molecule has 3 N–H and O–H groups in total. The highest BCUT2D eigenvalue weighted by Crippen LogP contribution is 2.18. The zero-order chi connectivity index (χ0) is 17.7. The van der Waals surface area contributed by atoms with Crippen LogP contribution in [0.25, 0.3) is 0 Å². The lowest BCUT2D eigenvalue weighted by Crippen LogP contribution is -2.29. The predicted molar refractivity (Wildman–Crippen MR) is 104 cm³/mol. The van der Waals surface area contributed by atoms with Crippen molar-refractivity contribution in [2.24, 2.45) is 5.92 Å². The number of amides is 2. The third kappa shape index (κ3) is 5.50. The van der Waals surface area contributed by atoms with Crippen molar-refractivity contribution in [1.29, 1.82) is 0 Å². The van der Waals surface area contributed by atoms with Crippen LogP contribution in [0.1, 0.15) is 29.8 Å². The van der Waals surface area contributed by atoms with Crippen LogP contribution < -0.4 is 11.1 Å². The number of halogens is 1. The summed E-state index contributed by atoms with van der Waals surface area (Å²) in [6.07, 6.45) is 0. The van der Waals surface area contributed by atoms with Crippen LogP contribution >= 0.6 is 12.4 Å². The molecule has 2 amide bonds. The second-order valence-electron chi connectivity index (χ2n) is 6.09. The van der Waals surface area contributed by atoms with Gasteiger partial charge >= 0.3 is 0 Å². The van der Waals surface area contributed by atoms with Gasteiger partial charge in [-0.05, 0) is 29.8 Å². The van der Waals surface area contributed by atoms with Crippen LogP contribution in [0.2, 0.25) is 0 Å². The molecule has 0 spiro atoms. The van der Waals surface area contributed by atoms with Crippen LogP contribution in [0.4, 0.5) is 11.4 Å². The molecule has 2 aromatic carbocycles. The van der Waals surface area contributed by atoms with Crippen molar-refractivity contribution in [3.8, 4) is 0 Å². The van der Waals surface area contributed by atoms with E-state index < -0.39 is 0 Å². The fraction of sp³-hybridized carbons (Fsp3) is 0.263. The Bertz CT molecular complexity index is 730. The third-order valence-corrected chi connectivity index (χ3v) is 3.71. The van der Waals surface area contributed by atoms with Gasteiger partial charge in [0.1, 0.15) is 0 Å². The van der Waals surface area contributed by atoms with Crippen LogP contribution in [0.5, 0.6) is 0 Å². The van der Waals surface area contributed by atoms with E-state index in [1.54, 1.807) is 36.2 Å². The van der Waals surface area contributed by atoms with Gasteiger partial charge in [-0.2, -0.15) is 0 Å². The molecule has 25 heavy (non-hydrogen) atoms. The smallest absolute Gasteiger partial charge is 0.255 e. The Kier molecular flexibility index (Phi) is 7.45. The van der Waals surface area contributed by atoms with E-state index >= 15 is 0 Å². The number of hydrogen-bond donors (Lipinski definition) is 2. The monoisotopic (exact) mass is 361 g/mol. The molecule has 0 aliphatic carbocycles. The molecule has 5 nitrogen and oxygen atoms in total. The van der Waals surface area contributed by atoms with Gasteiger partial charge in [0.05, 0.1) is 11.4 Å². The van der Waals surface area contributed by atoms with Gasteiger partial charge in [-0.25, -0.2) is 0 Å². The molecular weight excluding hydrogens is 338 g/mol. The molecule has 0 aliphatic heterocycles. The van der Waals surface area contributed by atoms with Gasteiger partial charge in [-0.15, -0.1) is 12.4 Å². The number of nitrogens with zero attached hydrogens (tertiary/aromatic N) is 1. The summed E-state index contributed by atoms with van der Waals surface area (Å²) in [5, 5.41) is 2.79.